The second-order valence-electron chi connectivity index (χ2n) is 10.6. The molecule has 0 amide bonds. The average molecular weight is 429 g/mol. The maximum absolute atomic E-state index is 11.1. The molecule has 168 valence electrons. The molecule has 0 aliphatic carbocycles. The van der Waals surface area contributed by atoms with Gasteiger partial charge in [-0.1, -0.05) is 77.9 Å². The smallest absolute Gasteiger partial charge is 0.128 e. The van der Waals surface area contributed by atoms with Gasteiger partial charge in [-0.05, 0) is 59.6 Å². The Balaban J connectivity index is 2.05. The van der Waals surface area contributed by atoms with Crippen LogP contribution < -0.4 is 5.32 Å². The summed E-state index contributed by atoms with van der Waals surface area (Å²) in [7, 11) is 0. The van der Waals surface area contributed by atoms with Crippen LogP contribution in [0.1, 0.15) is 69.4 Å². The molecule has 3 rings (SSSR count). The van der Waals surface area contributed by atoms with Gasteiger partial charge in [0, 0.05) is 23.0 Å². The standard InChI is InChI=1S/C29H36N2O/c1-19-12-11-13-20(2)26(19)31-25-15-10-9-14-24(25)30-18-21-16-22(28(3,4)5)17-23(27(21)32)29(6,7)8/h9-18,31-32H,1-8H3. The minimum absolute atomic E-state index is 0.0296. The van der Waals surface area contributed by atoms with E-state index in [-0.39, 0.29) is 10.8 Å². The van der Waals surface area contributed by atoms with Crippen molar-refractivity contribution in [1.29, 1.82) is 0 Å². The van der Waals surface area contributed by atoms with Crippen molar-refractivity contribution in [3.05, 3.63) is 82.4 Å². The molecule has 0 unspecified atom stereocenters. The van der Waals surface area contributed by atoms with Gasteiger partial charge >= 0.3 is 0 Å². The highest BCUT2D eigenvalue weighted by Crippen LogP contribution is 2.38. The molecule has 0 saturated carbocycles. The number of benzene rings is 3. The predicted molar refractivity (Wildman–Crippen MR) is 138 cm³/mol. The van der Waals surface area contributed by atoms with Gasteiger partial charge in [-0.3, -0.25) is 4.99 Å². The van der Waals surface area contributed by atoms with E-state index in [2.05, 4.69) is 91.0 Å². The molecule has 0 heterocycles. The number of para-hydroxylation sites is 3. The number of phenols is 1. The summed E-state index contributed by atoms with van der Waals surface area (Å²) >= 11 is 0. The van der Waals surface area contributed by atoms with Crippen molar-refractivity contribution < 1.29 is 5.11 Å². The van der Waals surface area contributed by atoms with E-state index in [0.717, 1.165) is 28.2 Å². The lowest BCUT2D eigenvalue weighted by Gasteiger charge is -2.27. The fraction of sp³-hybridized carbons (Fsp3) is 0.345. The maximum Gasteiger partial charge on any atom is 0.128 e. The molecule has 0 atom stereocenters. The SMILES string of the molecule is Cc1cccc(C)c1Nc1ccccc1N=Cc1cc(C(C)(C)C)cc(C(C)(C)C)c1O. The molecule has 0 aromatic heterocycles. The number of anilines is 2. The molecule has 3 nitrogen and oxygen atoms in total. The first-order valence-electron chi connectivity index (χ1n) is 11.2. The summed E-state index contributed by atoms with van der Waals surface area (Å²) < 4.78 is 0. The Kier molecular flexibility index (Phi) is 6.50. The zero-order chi connectivity index (χ0) is 23.7. The summed E-state index contributed by atoms with van der Waals surface area (Å²) in [5.41, 5.74) is 7.90. The van der Waals surface area contributed by atoms with Crippen LogP contribution in [0.5, 0.6) is 5.75 Å². The second-order valence-corrected chi connectivity index (χ2v) is 10.6. The molecule has 3 heteroatoms. The lowest BCUT2D eigenvalue weighted by atomic mass is 9.79. The Bertz CT molecular complexity index is 1120. The van der Waals surface area contributed by atoms with Gasteiger partial charge in [0.05, 0.1) is 11.4 Å². The van der Waals surface area contributed by atoms with Gasteiger partial charge in [-0.15, -0.1) is 0 Å². The second kappa shape index (κ2) is 8.82. The van der Waals surface area contributed by atoms with Gasteiger partial charge < -0.3 is 10.4 Å². The van der Waals surface area contributed by atoms with Crippen LogP contribution in [0.3, 0.4) is 0 Å². The van der Waals surface area contributed by atoms with E-state index in [4.69, 9.17) is 4.99 Å². The Morgan fingerprint density at radius 2 is 1.44 bits per heavy atom. The number of aromatic hydroxyl groups is 1. The maximum atomic E-state index is 11.1. The van der Waals surface area contributed by atoms with Crippen molar-refractivity contribution in [2.75, 3.05) is 5.32 Å². The number of nitrogens with zero attached hydrogens (tertiary/aromatic N) is 1. The fourth-order valence-corrected chi connectivity index (χ4v) is 3.74. The van der Waals surface area contributed by atoms with Crippen molar-refractivity contribution >= 4 is 23.3 Å². The van der Waals surface area contributed by atoms with E-state index in [1.807, 2.05) is 24.3 Å². The molecular weight excluding hydrogens is 392 g/mol. The summed E-state index contributed by atoms with van der Waals surface area (Å²) in [6.07, 6.45) is 1.78. The van der Waals surface area contributed by atoms with Gasteiger partial charge in [0.1, 0.15) is 5.75 Å². The van der Waals surface area contributed by atoms with Gasteiger partial charge in [-0.25, -0.2) is 0 Å². The Hall–Kier alpha value is -3.07. The van der Waals surface area contributed by atoms with Gasteiger partial charge in [0.15, 0.2) is 0 Å². The highest BCUT2D eigenvalue weighted by Gasteiger charge is 2.24. The highest BCUT2D eigenvalue weighted by molar-refractivity contribution is 5.89. The van der Waals surface area contributed by atoms with Crippen LogP contribution in [-0.4, -0.2) is 11.3 Å². The molecule has 32 heavy (non-hydrogen) atoms. The molecular formula is C29H36N2O. The van der Waals surface area contributed by atoms with E-state index in [0.29, 0.717) is 5.75 Å². The van der Waals surface area contributed by atoms with E-state index < -0.39 is 0 Å². The zero-order valence-electron chi connectivity index (χ0n) is 20.7. The molecule has 0 bridgehead atoms. The molecule has 0 aliphatic heterocycles. The van der Waals surface area contributed by atoms with Crippen LogP contribution in [0.25, 0.3) is 0 Å². The first-order valence-corrected chi connectivity index (χ1v) is 11.2. The lowest BCUT2D eigenvalue weighted by Crippen LogP contribution is -2.17. The zero-order valence-corrected chi connectivity index (χ0v) is 20.7. The Morgan fingerprint density at radius 1 is 0.812 bits per heavy atom. The van der Waals surface area contributed by atoms with E-state index in [9.17, 15) is 5.11 Å². The third-order valence-electron chi connectivity index (χ3n) is 5.80. The van der Waals surface area contributed by atoms with Crippen molar-refractivity contribution in [3.63, 3.8) is 0 Å². The quantitative estimate of drug-likeness (QED) is 0.412. The molecule has 3 aromatic rings. The van der Waals surface area contributed by atoms with Gasteiger partial charge in [0.2, 0.25) is 0 Å². The van der Waals surface area contributed by atoms with Crippen LogP contribution in [0.4, 0.5) is 17.1 Å². The highest BCUT2D eigenvalue weighted by atomic mass is 16.3. The first-order chi connectivity index (χ1) is 14.9. The molecule has 0 fully saturated rings. The van der Waals surface area contributed by atoms with Crippen LogP contribution in [0.2, 0.25) is 0 Å². The summed E-state index contributed by atoms with van der Waals surface area (Å²) in [6, 6.07) is 18.5. The summed E-state index contributed by atoms with van der Waals surface area (Å²) in [5.74, 6) is 0.300. The van der Waals surface area contributed by atoms with Crippen LogP contribution in [0, 0.1) is 13.8 Å². The van der Waals surface area contributed by atoms with E-state index in [1.165, 1.54) is 16.7 Å². The molecule has 0 aliphatic rings. The Morgan fingerprint density at radius 3 is 2.03 bits per heavy atom. The average Bonchev–Trinajstić information content (AvgIpc) is 2.69. The largest absolute Gasteiger partial charge is 0.507 e. The minimum atomic E-state index is -0.171. The Labute approximate surface area is 193 Å². The van der Waals surface area contributed by atoms with Crippen molar-refractivity contribution in [3.8, 4) is 5.75 Å². The van der Waals surface area contributed by atoms with Gasteiger partial charge in [0.25, 0.3) is 0 Å². The van der Waals surface area contributed by atoms with Crippen molar-refractivity contribution in [2.45, 2.75) is 66.2 Å². The minimum Gasteiger partial charge on any atom is -0.507 e. The van der Waals surface area contributed by atoms with Crippen LogP contribution in [0.15, 0.2) is 59.6 Å². The summed E-state index contributed by atoms with van der Waals surface area (Å²) in [6.45, 7) is 17.2. The van der Waals surface area contributed by atoms with E-state index in [1.54, 1.807) is 6.21 Å². The van der Waals surface area contributed by atoms with Crippen molar-refractivity contribution in [1.82, 2.24) is 0 Å². The number of aliphatic imine (C=N–C) groups is 1. The molecule has 0 saturated heterocycles. The molecule has 2 N–H and O–H groups in total. The number of hydrogen-bond donors (Lipinski definition) is 2. The van der Waals surface area contributed by atoms with Gasteiger partial charge in [-0.2, -0.15) is 0 Å². The molecule has 0 radical (unpaired) electrons. The topological polar surface area (TPSA) is 44.6 Å². The number of phenolic OH excluding ortho intramolecular Hbond substituents is 1. The van der Waals surface area contributed by atoms with E-state index >= 15 is 0 Å². The van der Waals surface area contributed by atoms with Crippen LogP contribution >= 0.6 is 0 Å². The lowest BCUT2D eigenvalue weighted by molar-refractivity contribution is 0.444. The third kappa shape index (κ3) is 5.21. The predicted octanol–water partition coefficient (Wildman–Crippen LogP) is 8.10. The molecule has 3 aromatic carbocycles. The first kappa shape index (κ1) is 23.6. The third-order valence-corrected chi connectivity index (χ3v) is 5.80. The number of rotatable bonds is 4. The number of aryl methyl sites for hydroxylation is 2. The number of hydrogen-bond acceptors (Lipinski definition) is 3. The summed E-state index contributed by atoms with van der Waals surface area (Å²) in [5, 5.41) is 14.6. The normalized spacial score (nSPS) is 12.4. The fourth-order valence-electron chi connectivity index (χ4n) is 3.74. The molecule has 0 spiro atoms. The van der Waals surface area contributed by atoms with Crippen LogP contribution in [-0.2, 0) is 10.8 Å². The monoisotopic (exact) mass is 428 g/mol. The summed E-state index contributed by atoms with van der Waals surface area (Å²) in [4.78, 5) is 4.79. The van der Waals surface area contributed by atoms with Crippen molar-refractivity contribution in [2.24, 2.45) is 4.99 Å². The number of nitrogens with one attached hydrogen (secondary N) is 1.